The molecule has 0 unspecified atom stereocenters. The number of carbonyl (C=O) groups is 17. The van der Waals surface area contributed by atoms with Crippen LogP contribution in [-0.4, -0.2) is 287 Å². The van der Waals surface area contributed by atoms with Gasteiger partial charge in [0.2, 0.25) is 82.7 Å². The maximum atomic E-state index is 14.7. The smallest absolute Gasteiger partial charge is 0.326 e. The summed E-state index contributed by atoms with van der Waals surface area (Å²) >= 11 is 5.43. The van der Waals surface area contributed by atoms with E-state index in [9.17, 15) is 96.8 Å². The van der Waals surface area contributed by atoms with Gasteiger partial charge in [-0.15, -0.1) is 0 Å². The lowest BCUT2D eigenvalue weighted by Gasteiger charge is -2.29. The number of carboxylic acids is 3. The van der Waals surface area contributed by atoms with Crippen molar-refractivity contribution in [2.24, 2.45) is 46.2 Å². The van der Waals surface area contributed by atoms with Crippen LogP contribution in [0.2, 0.25) is 0 Å². The van der Waals surface area contributed by atoms with Gasteiger partial charge in [-0.2, -0.15) is 47.0 Å². The summed E-state index contributed by atoms with van der Waals surface area (Å²) in [5.74, 6) is -15.4. The van der Waals surface area contributed by atoms with Gasteiger partial charge in [0.05, 0.1) is 12.5 Å². The average molecular weight is 1800 g/mol. The Kier molecular flexibility index (Phi) is 61.5. The minimum absolute atomic E-state index is 0.0000757. The lowest BCUT2D eigenvalue weighted by Crippen LogP contribution is -2.61. The van der Waals surface area contributed by atoms with Crippen molar-refractivity contribution in [2.75, 3.05) is 80.8 Å². The summed E-state index contributed by atoms with van der Waals surface area (Å²) in [6.45, 7) is 10.7. The third-order valence-corrected chi connectivity index (χ3v) is 22.1. The molecule has 0 aliphatic rings. The van der Waals surface area contributed by atoms with Crippen molar-refractivity contribution < 1.29 is 96.8 Å². The molecule has 16 atom stereocenters. The number of carboxylic acid groups (broad SMARTS) is 3. The minimum atomic E-state index is -1.62. The SMILES string of the molecule is CC[C@H](C)[C@H](NC(=O)[C@H](C)NC(=O)[C@H](CC(=O)O)NC(=O)[C@@H](N)CCSC)C(=O)N[C@@H](CCCCN)C(=O)N[C@@H](CCCCN)C(=O)N[C@@H](CCCCN)C(=O)N[C@@H](CCSC)C(=O)N[C@@H](CC(C)C)C(=O)N[C@@H](C)C(=O)N[C@@H](CCSC)C(=O)N[C@@H](CCCCN)C(=O)N[C@@H](CCSC)C(=O)N[C@@H](CCC(=O)O)C(=O)N[C@@H](CCCCN)C(=O)O. The largest absolute Gasteiger partial charge is 0.481 e. The average Bonchev–Trinajstić information content (AvgIpc) is 0.855. The van der Waals surface area contributed by atoms with Gasteiger partial charge < -0.3 is 124 Å². The van der Waals surface area contributed by atoms with Crippen molar-refractivity contribution in [1.82, 2.24) is 74.4 Å². The highest BCUT2D eigenvalue weighted by atomic mass is 32.2. The topological polar surface area (TPSA) is 675 Å². The second-order valence-electron chi connectivity index (χ2n) is 30.2. The van der Waals surface area contributed by atoms with Gasteiger partial charge in [-0.25, -0.2) is 4.79 Å². The summed E-state index contributed by atoms with van der Waals surface area (Å²) in [7, 11) is 0. The summed E-state index contributed by atoms with van der Waals surface area (Å²) in [5.41, 5.74) is 34.9. The molecule has 0 fully saturated rings. The molecule has 0 heterocycles. The van der Waals surface area contributed by atoms with Gasteiger partial charge in [0.1, 0.15) is 84.6 Å². The van der Waals surface area contributed by atoms with Gasteiger partial charge in [-0.1, -0.05) is 34.1 Å². The Labute approximate surface area is 728 Å². The molecule has 0 aromatic heterocycles. The van der Waals surface area contributed by atoms with Crippen LogP contribution < -0.4 is 109 Å². The number of unbranched alkanes of at least 4 members (excludes halogenated alkanes) is 5. The molecule has 0 bridgehead atoms. The molecule has 0 saturated carbocycles. The van der Waals surface area contributed by atoms with Gasteiger partial charge >= 0.3 is 17.9 Å². The number of thioether (sulfide) groups is 4. The Balaban J connectivity index is 7.09. The molecular formula is C77H142N20O20S4. The van der Waals surface area contributed by atoms with Gasteiger partial charge in [0.15, 0.2) is 0 Å². The molecule has 0 radical (unpaired) electrons. The van der Waals surface area contributed by atoms with Crippen LogP contribution in [0.3, 0.4) is 0 Å². The van der Waals surface area contributed by atoms with E-state index < -0.39 is 216 Å². The van der Waals surface area contributed by atoms with Crippen LogP contribution >= 0.6 is 47.0 Å². The third-order valence-electron chi connectivity index (χ3n) is 19.5. The van der Waals surface area contributed by atoms with E-state index in [4.69, 9.17) is 34.4 Å². The maximum absolute atomic E-state index is 14.7. The van der Waals surface area contributed by atoms with Gasteiger partial charge in [-0.05, 0) is 241 Å². The molecule has 121 heavy (non-hydrogen) atoms. The molecule has 14 amide bonds. The molecule has 44 heteroatoms. The summed E-state index contributed by atoms with van der Waals surface area (Å²) in [5, 5.41) is 65.6. The van der Waals surface area contributed by atoms with E-state index in [0.29, 0.717) is 93.6 Å². The Bertz CT molecular complexity index is 3230. The first-order valence-corrected chi connectivity index (χ1v) is 47.1. The Morgan fingerprint density at radius 1 is 0.289 bits per heavy atom. The van der Waals surface area contributed by atoms with Gasteiger partial charge in [0, 0.05) is 6.42 Å². The summed E-state index contributed by atoms with van der Waals surface area (Å²) < 4.78 is 0. The fourth-order valence-corrected chi connectivity index (χ4v) is 14.0. The zero-order chi connectivity index (χ0) is 91.7. The number of hydrogen-bond donors (Lipinski definition) is 23. The maximum Gasteiger partial charge on any atom is 0.326 e. The Hall–Kier alpha value is -7.85. The lowest BCUT2D eigenvalue weighted by molar-refractivity contribution is -0.143. The van der Waals surface area contributed by atoms with Crippen LogP contribution in [0.1, 0.15) is 196 Å². The zero-order valence-electron chi connectivity index (χ0n) is 72.0. The van der Waals surface area contributed by atoms with Gasteiger partial charge in [0.25, 0.3) is 0 Å². The first-order valence-electron chi connectivity index (χ1n) is 41.5. The number of amides is 14. The monoisotopic (exact) mass is 1790 g/mol. The molecule has 29 N–H and O–H groups in total. The van der Waals surface area contributed by atoms with Crippen molar-refractivity contribution in [1.29, 1.82) is 0 Å². The molecule has 0 aliphatic heterocycles. The van der Waals surface area contributed by atoms with Crippen molar-refractivity contribution in [3.05, 3.63) is 0 Å². The molecular weight excluding hydrogens is 1650 g/mol. The van der Waals surface area contributed by atoms with Crippen LogP contribution in [0.5, 0.6) is 0 Å². The highest BCUT2D eigenvalue weighted by Crippen LogP contribution is 2.17. The molecule has 0 aromatic rings. The zero-order valence-corrected chi connectivity index (χ0v) is 75.3. The second-order valence-corrected chi connectivity index (χ2v) is 34.1. The molecule has 40 nitrogen and oxygen atoms in total. The van der Waals surface area contributed by atoms with E-state index in [-0.39, 0.29) is 103 Å². The Morgan fingerprint density at radius 3 is 0.860 bits per heavy atom. The van der Waals surface area contributed by atoms with Crippen molar-refractivity contribution in [3.8, 4) is 0 Å². The normalized spacial score (nSPS) is 15.2. The number of carbonyl (C=O) groups excluding carboxylic acids is 14. The van der Waals surface area contributed by atoms with E-state index in [2.05, 4.69) is 74.4 Å². The first-order chi connectivity index (χ1) is 57.4. The first kappa shape index (κ1) is 113. The summed E-state index contributed by atoms with van der Waals surface area (Å²) in [6, 6.07) is -20.4. The van der Waals surface area contributed by atoms with Crippen LogP contribution in [-0.2, 0) is 81.5 Å². The molecule has 0 spiro atoms. The summed E-state index contributed by atoms with van der Waals surface area (Å²) in [4.78, 5) is 234. The fourth-order valence-electron chi connectivity index (χ4n) is 12.1. The molecule has 0 aromatic carbocycles. The lowest BCUT2D eigenvalue weighted by atomic mass is 9.97. The van der Waals surface area contributed by atoms with Crippen LogP contribution in [0.15, 0.2) is 0 Å². The van der Waals surface area contributed by atoms with Gasteiger partial charge in [-0.3, -0.25) is 76.7 Å². The van der Waals surface area contributed by atoms with E-state index in [1.807, 2.05) is 0 Å². The quantitative estimate of drug-likeness (QED) is 0.0276. The van der Waals surface area contributed by atoms with E-state index in [1.165, 1.54) is 60.9 Å². The third kappa shape index (κ3) is 48.1. The number of nitrogens with one attached hydrogen (secondary N) is 14. The van der Waals surface area contributed by atoms with Crippen LogP contribution in [0, 0.1) is 11.8 Å². The summed E-state index contributed by atoms with van der Waals surface area (Å²) in [6.07, 6.45) is 9.42. The van der Waals surface area contributed by atoms with E-state index in [1.54, 1.807) is 52.7 Å². The predicted octanol–water partition coefficient (Wildman–Crippen LogP) is -2.69. The van der Waals surface area contributed by atoms with Crippen LogP contribution in [0.4, 0.5) is 0 Å². The number of nitrogens with two attached hydrogens (primary N) is 6. The number of aliphatic carboxylic acids is 3. The highest BCUT2D eigenvalue weighted by Gasteiger charge is 2.39. The molecule has 0 aliphatic carbocycles. The fraction of sp³-hybridized carbons (Fsp3) is 0.779. The van der Waals surface area contributed by atoms with Crippen molar-refractivity contribution in [3.63, 3.8) is 0 Å². The highest BCUT2D eigenvalue weighted by molar-refractivity contribution is 7.99. The van der Waals surface area contributed by atoms with Crippen molar-refractivity contribution >= 4 is 148 Å². The van der Waals surface area contributed by atoms with Crippen LogP contribution in [0.25, 0.3) is 0 Å². The second kappa shape index (κ2) is 65.8. The van der Waals surface area contributed by atoms with E-state index in [0.717, 1.165) is 0 Å². The van der Waals surface area contributed by atoms with E-state index >= 15 is 0 Å². The molecule has 0 rings (SSSR count). The molecule has 0 saturated heterocycles. The minimum Gasteiger partial charge on any atom is -0.481 e. The number of rotatable bonds is 70. The number of hydrogen-bond acceptors (Lipinski definition) is 27. The standard InChI is InChI=1S/C77H142N20O20S4/c1-11-45(4)62(97-64(103)47(6)85-75(114)59(43-61(100)101)95-65(104)48(83)29-38-118-7)76(115)93-52(25-15-20-36-81)69(108)88-49(22-12-17-33-78)66(105)87-50(23-13-18-34-79)67(106)92-56(32-41-121-10)73(112)96-58(42-44(2)3)74(113)84-46(5)63(102)86-54(30-39-119-8)71(110)89-51(24-14-19-35-80)68(107)91-55(31-40-120-9)72(111)90-53(27-28-60(98)99)70(109)94-57(77(116)117)26-16-21-37-82/h44-59,62H,11-43,78-83H2,1-10H3,(H,84,113)(H,85,114)(H,86,102)(H,87,105)(H,88,108)(H,89,110)(H,90,111)(H,91,107)(H,92,106)(H,93,115)(H,94,109)(H,95,104)(H,96,112)(H,97,103)(H,98,99)(H,100,101)(H,116,117)/t45-,46-,47-,48-,49-,50-,51-,52-,53-,54-,55-,56-,57-,58-,59-,62-/m0/s1. The van der Waals surface area contributed by atoms with Crippen molar-refractivity contribution in [2.45, 2.75) is 286 Å². The predicted molar refractivity (Wildman–Crippen MR) is 469 cm³/mol. The molecule has 694 valence electrons. The Morgan fingerprint density at radius 2 is 0.554 bits per heavy atom.